The van der Waals surface area contributed by atoms with Gasteiger partial charge in [0.25, 0.3) is 0 Å². The van der Waals surface area contributed by atoms with E-state index in [9.17, 15) is 0 Å². The van der Waals surface area contributed by atoms with Crippen LogP contribution in [0.5, 0.6) is 0 Å². The van der Waals surface area contributed by atoms with Gasteiger partial charge in [-0.25, -0.2) is 0 Å². The highest BCUT2D eigenvalue weighted by atomic mass is 79.9. The number of aryl methyl sites for hydroxylation is 2. The van der Waals surface area contributed by atoms with Gasteiger partial charge in [-0.1, -0.05) is 67.9 Å². The molecule has 1 nitrogen and oxygen atoms in total. The highest BCUT2D eigenvalue weighted by Crippen LogP contribution is 2.40. The first-order valence-electron chi connectivity index (χ1n) is 10.3. The number of nitrogens with zero attached hydrogens (tertiary/aromatic N) is 1. The summed E-state index contributed by atoms with van der Waals surface area (Å²) in [7, 11) is 0. The zero-order valence-electron chi connectivity index (χ0n) is 16.7. The van der Waals surface area contributed by atoms with Crippen LogP contribution in [0.25, 0.3) is 0 Å². The van der Waals surface area contributed by atoms with Gasteiger partial charge in [-0.05, 0) is 60.1 Å². The van der Waals surface area contributed by atoms with Crippen molar-refractivity contribution in [3.05, 3.63) is 63.1 Å². The maximum atomic E-state index is 3.81. The zero-order valence-corrected chi connectivity index (χ0v) is 18.3. The van der Waals surface area contributed by atoms with Gasteiger partial charge < -0.3 is 4.90 Å². The fourth-order valence-corrected chi connectivity index (χ4v) is 4.83. The fraction of sp³-hybridized carbons (Fsp3) is 0.500. The normalized spacial score (nSPS) is 17.4. The Balaban J connectivity index is 1.88. The Morgan fingerprint density at radius 2 is 1.69 bits per heavy atom. The van der Waals surface area contributed by atoms with Gasteiger partial charge in [0.05, 0.1) is 0 Å². The molecule has 0 saturated carbocycles. The molecule has 0 N–H and O–H groups in total. The molecule has 2 unspecified atom stereocenters. The Morgan fingerprint density at radius 1 is 1.00 bits per heavy atom. The highest BCUT2D eigenvalue weighted by Gasteiger charge is 2.29. The quantitative estimate of drug-likeness (QED) is 0.468. The van der Waals surface area contributed by atoms with Crippen LogP contribution in [-0.4, -0.2) is 13.1 Å². The van der Waals surface area contributed by atoms with Crippen LogP contribution in [0.2, 0.25) is 0 Å². The topological polar surface area (TPSA) is 3.24 Å². The van der Waals surface area contributed by atoms with Gasteiger partial charge in [0, 0.05) is 35.1 Å². The van der Waals surface area contributed by atoms with Gasteiger partial charge in [0.2, 0.25) is 0 Å². The molecule has 0 bridgehead atoms. The Morgan fingerprint density at radius 3 is 2.35 bits per heavy atom. The Kier molecular flexibility index (Phi) is 6.45. The number of halogens is 1. The van der Waals surface area contributed by atoms with Crippen molar-refractivity contribution in [2.45, 2.75) is 65.2 Å². The van der Waals surface area contributed by atoms with E-state index in [2.05, 4.69) is 84.9 Å². The van der Waals surface area contributed by atoms with Crippen molar-refractivity contribution in [3.8, 4) is 0 Å². The number of hydrogen-bond acceptors (Lipinski definition) is 1. The predicted octanol–water partition coefficient (Wildman–Crippen LogP) is 7.08. The van der Waals surface area contributed by atoms with E-state index < -0.39 is 0 Å². The molecule has 0 fully saturated rings. The lowest BCUT2D eigenvalue weighted by atomic mass is 9.93. The Labute approximate surface area is 167 Å². The van der Waals surface area contributed by atoms with Crippen molar-refractivity contribution in [1.82, 2.24) is 0 Å². The minimum absolute atomic E-state index is 0.560. The first-order chi connectivity index (χ1) is 12.6. The monoisotopic (exact) mass is 413 g/mol. The SMILES string of the molecule is CCc1ccc(Br)c(C(CC)CN2CC(CC)c3cc(CC)ccc32)c1. The summed E-state index contributed by atoms with van der Waals surface area (Å²) in [4.78, 5) is 2.64. The molecule has 2 aromatic carbocycles. The maximum absolute atomic E-state index is 3.81. The summed E-state index contributed by atoms with van der Waals surface area (Å²) in [6.45, 7) is 11.4. The fourth-order valence-electron chi connectivity index (χ4n) is 4.26. The van der Waals surface area contributed by atoms with E-state index >= 15 is 0 Å². The predicted molar refractivity (Wildman–Crippen MR) is 118 cm³/mol. The van der Waals surface area contributed by atoms with Gasteiger partial charge in [-0.2, -0.15) is 0 Å². The van der Waals surface area contributed by atoms with Crippen LogP contribution in [0.3, 0.4) is 0 Å². The molecule has 26 heavy (non-hydrogen) atoms. The highest BCUT2D eigenvalue weighted by molar-refractivity contribution is 9.10. The molecule has 140 valence electrons. The smallest absolute Gasteiger partial charge is 0.0402 e. The average molecular weight is 414 g/mol. The van der Waals surface area contributed by atoms with Crippen LogP contribution in [0.15, 0.2) is 40.9 Å². The lowest BCUT2D eigenvalue weighted by Crippen LogP contribution is -2.27. The van der Waals surface area contributed by atoms with Crippen molar-refractivity contribution in [2.24, 2.45) is 0 Å². The number of anilines is 1. The number of benzene rings is 2. The summed E-state index contributed by atoms with van der Waals surface area (Å²) < 4.78 is 1.26. The minimum Gasteiger partial charge on any atom is -0.370 e. The van der Waals surface area contributed by atoms with E-state index in [4.69, 9.17) is 0 Å². The molecular weight excluding hydrogens is 382 g/mol. The van der Waals surface area contributed by atoms with Crippen molar-refractivity contribution < 1.29 is 0 Å². The molecular formula is C24H32BrN. The molecule has 0 aromatic heterocycles. The van der Waals surface area contributed by atoms with Crippen molar-refractivity contribution in [3.63, 3.8) is 0 Å². The molecule has 0 spiro atoms. The molecule has 2 heteroatoms. The molecule has 2 atom stereocenters. The molecule has 1 heterocycles. The van der Waals surface area contributed by atoms with Crippen LogP contribution in [0.1, 0.15) is 74.6 Å². The first-order valence-corrected chi connectivity index (χ1v) is 11.1. The minimum atomic E-state index is 0.560. The standard InChI is InChI=1S/C24H32BrN/c1-5-17-9-11-23(25)21(13-17)19(7-3)15-26-16-20(8-4)22-14-18(6-2)10-12-24(22)26/h9-14,19-20H,5-8,15-16H2,1-4H3. The summed E-state index contributed by atoms with van der Waals surface area (Å²) in [5, 5.41) is 0. The van der Waals surface area contributed by atoms with Crippen LogP contribution < -0.4 is 4.90 Å². The number of fused-ring (bicyclic) bond motifs is 1. The number of hydrogen-bond donors (Lipinski definition) is 0. The van der Waals surface area contributed by atoms with Gasteiger partial charge >= 0.3 is 0 Å². The van der Waals surface area contributed by atoms with Gasteiger partial charge in [0.15, 0.2) is 0 Å². The molecule has 0 amide bonds. The second-order valence-corrected chi connectivity index (χ2v) is 8.43. The van der Waals surface area contributed by atoms with Crippen LogP contribution in [0.4, 0.5) is 5.69 Å². The third-order valence-corrected chi connectivity index (χ3v) is 6.78. The molecule has 0 saturated heterocycles. The van der Waals surface area contributed by atoms with Crippen LogP contribution >= 0.6 is 15.9 Å². The Bertz CT molecular complexity index is 752. The van der Waals surface area contributed by atoms with Crippen molar-refractivity contribution >= 4 is 21.6 Å². The van der Waals surface area contributed by atoms with Gasteiger partial charge in [-0.3, -0.25) is 0 Å². The lowest BCUT2D eigenvalue weighted by Gasteiger charge is -2.27. The largest absolute Gasteiger partial charge is 0.370 e. The molecule has 1 aliphatic rings. The van der Waals surface area contributed by atoms with E-state index in [1.54, 1.807) is 5.56 Å². The van der Waals surface area contributed by atoms with Crippen LogP contribution in [0, 0.1) is 0 Å². The summed E-state index contributed by atoms with van der Waals surface area (Å²) >= 11 is 3.81. The third kappa shape index (κ3) is 3.86. The molecule has 0 radical (unpaired) electrons. The summed E-state index contributed by atoms with van der Waals surface area (Å²) in [5.74, 6) is 1.24. The molecule has 3 rings (SSSR count). The van der Waals surface area contributed by atoms with E-state index in [1.807, 2.05) is 0 Å². The van der Waals surface area contributed by atoms with Crippen LogP contribution in [-0.2, 0) is 12.8 Å². The maximum Gasteiger partial charge on any atom is 0.0402 e. The van der Waals surface area contributed by atoms with E-state index in [0.29, 0.717) is 11.8 Å². The molecule has 0 aliphatic carbocycles. The van der Waals surface area contributed by atoms with Crippen molar-refractivity contribution in [1.29, 1.82) is 0 Å². The van der Waals surface area contributed by atoms with E-state index in [0.717, 1.165) is 19.4 Å². The van der Waals surface area contributed by atoms with E-state index in [1.165, 1.54) is 46.2 Å². The summed E-state index contributed by atoms with van der Waals surface area (Å²) in [5.41, 5.74) is 7.41. The third-order valence-electron chi connectivity index (χ3n) is 6.06. The second-order valence-electron chi connectivity index (χ2n) is 7.57. The van der Waals surface area contributed by atoms with E-state index in [-0.39, 0.29) is 0 Å². The molecule has 2 aromatic rings. The van der Waals surface area contributed by atoms with Gasteiger partial charge in [0.1, 0.15) is 0 Å². The average Bonchev–Trinajstić information content (AvgIpc) is 3.03. The summed E-state index contributed by atoms with van der Waals surface area (Å²) in [6, 6.07) is 14.0. The Hall–Kier alpha value is -1.28. The lowest BCUT2D eigenvalue weighted by molar-refractivity contribution is 0.603. The first kappa shape index (κ1) is 19.5. The van der Waals surface area contributed by atoms with Gasteiger partial charge in [-0.15, -0.1) is 0 Å². The van der Waals surface area contributed by atoms with Crippen molar-refractivity contribution in [2.75, 3.05) is 18.0 Å². The molecule has 1 aliphatic heterocycles. The second kappa shape index (κ2) is 8.61. The number of rotatable bonds is 7. The zero-order chi connectivity index (χ0) is 18.7. The summed E-state index contributed by atoms with van der Waals surface area (Å²) in [6.07, 6.45) is 4.61.